The van der Waals surface area contributed by atoms with Crippen molar-refractivity contribution in [2.24, 2.45) is 0 Å². The Labute approximate surface area is 190 Å². The number of hydrogen-bond acceptors (Lipinski definition) is 4. The van der Waals surface area contributed by atoms with Crippen LogP contribution in [0.5, 0.6) is 5.75 Å². The van der Waals surface area contributed by atoms with Gasteiger partial charge in [0.05, 0.1) is 13.2 Å². The number of benzene rings is 2. The molecule has 1 aromatic heterocycles. The first-order chi connectivity index (χ1) is 15.5. The molecular formula is C27H34N2O3. The molecule has 0 saturated heterocycles. The van der Waals surface area contributed by atoms with Gasteiger partial charge in [-0.15, -0.1) is 0 Å². The molecule has 0 amide bonds. The van der Waals surface area contributed by atoms with E-state index in [0.29, 0.717) is 18.7 Å². The normalized spacial score (nSPS) is 12.7. The second-order valence-electron chi connectivity index (χ2n) is 8.13. The molecule has 0 unspecified atom stereocenters. The monoisotopic (exact) mass is 434 g/mol. The van der Waals surface area contributed by atoms with Crippen molar-refractivity contribution in [3.05, 3.63) is 71.9 Å². The van der Waals surface area contributed by atoms with Crippen molar-refractivity contribution in [2.75, 3.05) is 26.7 Å². The summed E-state index contributed by atoms with van der Waals surface area (Å²) in [6.07, 6.45) is 7.19. The van der Waals surface area contributed by atoms with Crippen molar-refractivity contribution in [3.63, 3.8) is 0 Å². The third kappa shape index (κ3) is 6.09. The van der Waals surface area contributed by atoms with Gasteiger partial charge in [0.1, 0.15) is 5.75 Å². The van der Waals surface area contributed by atoms with Crippen LogP contribution < -0.4 is 4.74 Å². The lowest BCUT2D eigenvalue weighted by Crippen LogP contribution is -2.35. The summed E-state index contributed by atoms with van der Waals surface area (Å²) >= 11 is 0. The second-order valence-corrected chi connectivity index (χ2v) is 8.13. The Kier molecular flexibility index (Phi) is 8.65. The van der Waals surface area contributed by atoms with Gasteiger partial charge in [0, 0.05) is 41.3 Å². The van der Waals surface area contributed by atoms with Gasteiger partial charge in [-0.1, -0.05) is 32.0 Å². The van der Waals surface area contributed by atoms with Gasteiger partial charge in [-0.05, 0) is 68.4 Å². The van der Waals surface area contributed by atoms with Gasteiger partial charge >= 0.3 is 0 Å². The summed E-state index contributed by atoms with van der Waals surface area (Å²) in [5.74, 6) is 0.669. The van der Waals surface area contributed by atoms with Crippen LogP contribution in [0.2, 0.25) is 0 Å². The summed E-state index contributed by atoms with van der Waals surface area (Å²) in [5, 5.41) is 11.8. The van der Waals surface area contributed by atoms with Crippen molar-refractivity contribution in [3.8, 4) is 5.75 Å². The van der Waals surface area contributed by atoms with E-state index in [2.05, 4.69) is 35.4 Å². The smallest absolute Gasteiger partial charge is 0.185 e. The Balaban J connectivity index is 1.77. The molecule has 0 fully saturated rings. The predicted octanol–water partition coefficient (Wildman–Crippen LogP) is 5.03. The molecule has 1 heterocycles. The minimum atomic E-state index is -0.457. The average molecular weight is 435 g/mol. The van der Waals surface area contributed by atoms with Crippen LogP contribution in [0.3, 0.4) is 0 Å². The van der Waals surface area contributed by atoms with Gasteiger partial charge in [-0.2, -0.15) is 0 Å². The topological polar surface area (TPSA) is 54.7 Å². The molecule has 1 N–H and O–H groups in total. The summed E-state index contributed by atoms with van der Waals surface area (Å²) < 4.78 is 7.25. The fourth-order valence-electron chi connectivity index (χ4n) is 4.09. The number of ether oxygens (including phenoxy) is 1. The van der Waals surface area contributed by atoms with Gasteiger partial charge in [-0.3, -0.25) is 4.79 Å². The first-order valence-electron chi connectivity index (χ1n) is 11.4. The average Bonchev–Trinajstić information content (AvgIpc) is 3.15. The molecule has 170 valence electrons. The Bertz CT molecular complexity index is 1030. The van der Waals surface area contributed by atoms with Gasteiger partial charge in [-0.25, -0.2) is 0 Å². The van der Waals surface area contributed by atoms with Crippen LogP contribution in [0.4, 0.5) is 0 Å². The van der Waals surface area contributed by atoms with Crippen LogP contribution in [-0.4, -0.2) is 53.2 Å². The molecule has 1 atom stereocenters. The number of methoxy groups -OCH3 is 1. The highest BCUT2D eigenvalue weighted by molar-refractivity contribution is 6.07. The van der Waals surface area contributed by atoms with E-state index in [1.165, 1.54) is 0 Å². The number of allylic oxidation sites excluding steroid dienone is 1. The molecule has 3 rings (SSSR count). The molecule has 5 nitrogen and oxygen atoms in total. The quantitative estimate of drug-likeness (QED) is 0.321. The largest absolute Gasteiger partial charge is 0.497 e. The van der Waals surface area contributed by atoms with E-state index in [4.69, 9.17) is 4.74 Å². The summed E-state index contributed by atoms with van der Waals surface area (Å²) in [6.45, 7) is 7.51. The highest BCUT2D eigenvalue weighted by Gasteiger charge is 2.14. The molecular weight excluding hydrogens is 400 g/mol. The summed E-state index contributed by atoms with van der Waals surface area (Å²) in [7, 11) is 1.61. The summed E-state index contributed by atoms with van der Waals surface area (Å²) in [4.78, 5) is 14.9. The minimum absolute atomic E-state index is 0.0562. The Hall–Kier alpha value is -2.89. The standard InChI is InChI=1S/C27H34N2O3/c1-4-16-28(17-5-2)19-23(30)20-29-18-22(25-8-6-7-9-26(25)29)12-15-27(31)21-10-13-24(32-3)14-11-21/h6-15,18,23,30H,4-5,16-17,19-20H2,1-3H3/b15-12-/t23-/m0/s1. The molecule has 5 heteroatoms. The Morgan fingerprint density at radius 2 is 1.78 bits per heavy atom. The van der Waals surface area contributed by atoms with Crippen LogP contribution in [0, 0.1) is 0 Å². The number of carbonyl (C=O) groups is 1. The zero-order valence-corrected chi connectivity index (χ0v) is 19.3. The molecule has 0 spiro atoms. The number of aliphatic hydroxyl groups is 1. The van der Waals surface area contributed by atoms with E-state index in [9.17, 15) is 9.90 Å². The van der Waals surface area contributed by atoms with E-state index in [-0.39, 0.29) is 5.78 Å². The van der Waals surface area contributed by atoms with Crippen LogP contribution in [0.25, 0.3) is 17.0 Å². The highest BCUT2D eigenvalue weighted by Crippen LogP contribution is 2.23. The first kappa shape index (κ1) is 23.8. The van der Waals surface area contributed by atoms with Crippen molar-refractivity contribution in [1.29, 1.82) is 0 Å². The maximum absolute atomic E-state index is 12.6. The van der Waals surface area contributed by atoms with E-state index in [1.54, 1.807) is 37.5 Å². The minimum Gasteiger partial charge on any atom is -0.497 e. The Morgan fingerprint density at radius 3 is 2.44 bits per heavy atom. The Morgan fingerprint density at radius 1 is 1.09 bits per heavy atom. The van der Waals surface area contributed by atoms with Crippen LogP contribution >= 0.6 is 0 Å². The molecule has 0 saturated carbocycles. The number of fused-ring (bicyclic) bond motifs is 1. The van der Waals surface area contributed by atoms with Crippen LogP contribution in [-0.2, 0) is 6.54 Å². The molecule has 0 radical (unpaired) electrons. The van der Waals surface area contributed by atoms with E-state index >= 15 is 0 Å². The number of hydrogen-bond donors (Lipinski definition) is 1. The lowest BCUT2D eigenvalue weighted by Gasteiger charge is -2.24. The number of carbonyl (C=O) groups excluding carboxylic acids is 1. The fraction of sp³-hybridized carbons (Fsp3) is 0.370. The van der Waals surface area contributed by atoms with Crippen LogP contribution in [0.15, 0.2) is 60.8 Å². The number of nitrogens with zero attached hydrogens (tertiary/aromatic N) is 2. The van der Waals surface area contributed by atoms with Gasteiger partial charge in [0.25, 0.3) is 0 Å². The maximum atomic E-state index is 12.6. The number of aromatic nitrogens is 1. The number of rotatable bonds is 12. The molecule has 32 heavy (non-hydrogen) atoms. The maximum Gasteiger partial charge on any atom is 0.185 e. The number of para-hydroxylation sites is 1. The molecule has 0 bridgehead atoms. The zero-order chi connectivity index (χ0) is 22.9. The molecule has 0 aliphatic heterocycles. The van der Waals surface area contributed by atoms with Crippen molar-refractivity contribution < 1.29 is 14.6 Å². The second kappa shape index (κ2) is 11.7. The number of aliphatic hydroxyl groups excluding tert-OH is 1. The summed E-state index contributed by atoms with van der Waals surface area (Å²) in [6, 6.07) is 15.2. The van der Waals surface area contributed by atoms with Crippen molar-refractivity contribution in [1.82, 2.24) is 9.47 Å². The molecule has 3 aromatic rings. The van der Waals surface area contributed by atoms with Crippen molar-refractivity contribution in [2.45, 2.75) is 39.3 Å². The van der Waals surface area contributed by atoms with E-state index < -0.39 is 6.10 Å². The van der Waals surface area contributed by atoms with Gasteiger partial charge in [0.2, 0.25) is 0 Å². The third-order valence-corrected chi connectivity index (χ3v) is 5.56. The number of ketones is 1. The third-order valence-electron chi connectivity index (χ3n) is 5.56. The molecule has 2 aromatic carbocycles. The lowest BCUT2D eigenvalue weighted by atomic mass is 10.1. The van der Waals surface area contributed by atoms with Crippen molar-refractivity contribution >= 4 is 22.8 Å². The van der Waals surface area contributed by atoms with E-state index in [0.717, 1.165) is 48.1 Å². The van der Waals surface area contributed by atoms with Gasteiger partial charge < -0.3 is 19.3 Å². The lowest BCUT2D eigenvalue weighted by molar-refractivity contribution is 0.0988. The first-order valence-corrected chi connectivity index (χ1v) is 11.4. The van der Waals surface area contributed by atoms with Gasteiger partial charge in [0.15, 0.2) is 5.78 Å². The molecule has 0 aliphatic rings. The fourth-order valence-corrected chi connectivity index (χ4v) is 4.09. The highest BCUT2D eigenvalue weighted by atomic mass is 16.5. The predicted molar refractivity (Wildman–Crippen MR) is 131 cm³/mol. The van der Waals surface area contributed by atoms with E-state index in [1.807, 2.05) is 24.4 Å². The molecule has 0 aliphatic carbocycles. The SMILES string of the molecule is CCCN(CCC)C[C@H](O)Cn1cc(/C=C\C(=O)c2ccc(OC)cc2)c2ccccc21. The van der Waals surface area contributed by atoms with Crippen LogP contribution in [0.1, 0.15) is 42.6 Å². The summed E-state index contributed by atoms with van der Waals surface area (Å²) in [5.41, 5.74) is 2.64. The zero-order valence-electron chi connectivity index (χ0n) is 19.3.